The Morgan fingerprint density at radius 1 is 1.44 bits per heavy atom. The first-order valence-electron chi connectivity index (χ1n) is 7.14. The highest BCUT2D eigenvalue weighted by Crippen LogP contribution is 2.33. The third-order valence-corrected chi connectivity index (χ3v) is 5.05. The molecule has 3 heteroatoms. The molecule has 2 rings (SSSR count). The van der Waals surface area contributed by atoms with E-state index in [4.69, 9.17) is 10.5 Å². The maximum atomic E-state index is 6.26. The number of rotatable bonds is 5. The number of hydrogen-bond donors (Lipinski definition) is 1. The number of thiophene rings is 1. The molecule has 0 aliphatic heterocycles. The molecule has 1 saturated carbocycles. The molecule has 3 unspecified atom stereocenters. The van der Waals surface area contributed by atoms with Gasteiger partial charge in [-0.25, -0.2) is 0 Å². The topological polar surface area (TPSA) is 35.2 Å². The van der Waals surface area contributed by atoms with E-state index in [-0.39, 0.29) is 6.10 Å². The molecular formula is C15H25NOS. The van der Waals surface area contributed by atoms with E-state index in [0.29, 0.717) is 12.6 Å². The Labute approximate surface area is 115 Å². The van der Waals surface area contributed by atoms with Crippen LogP contribution in [0.5, 0.6) is 0 Å². The summed E-state index contributed by atoms with van der Waals surface area (Å²) in [6, 6.07) is 4.32. The Morgan fingerprint density at radius 3 is 2.89 bits per heavy atom. The molecular weight excluding hydrogens is 242 g/mol. The minimum atomic E-state index is 0.101. The van der Waals surface area contributed by atoms with Crippen molar-refractivity contribution in [3.8, 4) is 0 Å². The van der Waals surface area contributed by atoms with Crippen LogP contribution in [-0.4, -0.2) is 12.6 Å². The first-order chi connectivity index (χ1) is 8.72. The highest BCUT2D eigenvalue weighted by molar-refractivity contribution is 7.12. The SMILES string of the molecule is CCC1CCCC(OC(CN)c2ccc(C)s2)C1. The van der Waals surface area contributed by atoms with Crippen LogP contribution in [0, 0.1) is 12.8 Å². The first kappa shape index (κ1) is 14.0. The van der Waals surface area contributed by atoms with E-state index in [1.165, 1.54) is 41.9 Å². The standard InChI is InChI=1S/C15H25NOS/c1-3-12-5-4-6-13(9-12)17-14(10-16)15-8-7-11(2)18-15/h7-8,12-14H,3-6,9-10,16H2,1-2H3. The molecule has 0 bridgehead atoms. The Kier molecular flexibility index (Phi) is 5.22. The molecule has 1 aromatic heterocycles. The predicted molar refractivity (Wildman–Crippen MR) is 78.0 cm³/mol. The van der Waals surface area contributed by atoms with Gasteiger partial charge in [-0.3, -0.25) is 0 Å². The molecule has 1 aromatic rings. The molecule has 3 atom stereocenters. The van der Waals surface area contributed by atoms with Crippen LogP contribution in [0.2, 0.25) is 0 Å². The fourth-order valence-corrected chi connectivity index (χ4v) is 3.76. The Balaban J connectivity index is 1.93. The van der Waals surface area contributed by atoms with Crippen LogP contribution in [0.1, 0.15) is 54.9 Å². The van der Waals surface area contributed by atoms with Crippen molar-refractivity contribution in [1.29, 1.82) is 0 Å². The monoisotopic (exact) mass is 267 g/mol. The quantitative estimate of drug-likeness (QED) is 0.873. The summed E-state index contributed by atoms with van der Waals surface area (Å²) in [6.45, 7) is 5.01. The molecule has 1 aliphatic carbocycles. The van der Waals surface area contributed by atoms with Crippen molar-refractivity contribution in [3.05, 3.63) is 21.9 Å². The second-order valence-electron chi connectivity index (χ2n) is 5.37. The van der Waals surface area contributed by atoms with Crippen LogP contribution < -0.4 is 5.73 Å². The zero-order valence-corrected chi connectivity index (χ0v) is 12.3. The normalized spacial score (nSPS) is 26.2. The van der Waals surface area contributed by atoms with Crippen molar-refractivity contribution in [2.24, 2.45) is 11.7 Å². The van der Waals surface area contributed by atoms with Crippen molar-refractivity contribution in [2.45, 2.75) is 58.2 Å². The van der Waals surface area contributed by atoms with Gasteiger partial charge in [0.25, 0.3) is 0 Å². The number of nitrogens with two attached hydrogens (primary N) is 1. The lowest BCUT2D eigenvalue weighted by Gasteiger charge is -2.31. The minimum absolute atomic E-state index is 0.101. The second kappa shape index (κ2) is 6.69. The van der Waals surface area contributed by atoms with Crippen molar-refractivity contribution >= 4 is 11.3 Å². The maximum absolute atomic E-state index is 6.26. The van der Waals surface area contributed by atoms with Crippen molar-refractivity contribution in [3.63, 3.8) is 0 Å². The lowest BCUT2D eigenvalue weighted by Crippen LogP contribution is -2.27. The fourth-order valence-electron chi connectivity index (χ4n) is 2.83. The summed E-state index contributed by atoms with van der Waals surface area (Å²) in [5, 5.41) is 0. The summed E-state index contributed by atoms with van der Waals surface area (Å²) in [7, 11) is 0. The van der Waals surface area contributed by atoms with Crippen LogP contribution in [0.3, 0.4) is 0 Å². The molecule has 0 spiro atoms. The van der Waals surface area contributed by atoms with E-state index in [1.54, 1.807) is 0 Å². The van der Waals surface area contributed by atoms with E-state index in [2.05, 4.69) is 26.0 Å². The summed E-state index contributed by atoms with van der Waals surface area (Å²) < 4.78 is 6.26. The predicted octanol–water partition coefficient (Wildman–Crippen LogP) is 4.04. The minimum Gasteiger partial charge on any atom is -0.368 e. The van der Waals surface area contributed by atoms with Crippen LogP contribution in [0.25, 0.3) is 0 Å². The molecule has 2 N–H and O–H groups in total. The highest BCUT2D eigenvalue weighted by Gasteiger charge is 2.24. The Hall–Kier alpha value is -0.380. The lowest BCUT2D eigenvalue weighted by atomic mass is 9.85. The second-order valence-corrected chi connectivity index (χ2v) is 6.69. The average molecular weight is 267 g/mol. The van der Waals surface area contributed by atoms with Crippen LogP contribution in [-0.2, 0) is 4.74 Å². The number of ether oxygens (including phenoxy) is 1. The number of aryl methyl sites for hydroxylation is 1. The van der Waals surface area contributed by atoms with Gasteiger partial charge in [0.05, 0.1) is 6.10 Å². The largest absolute Gasteiger partial charge is 0.368 e. The zero-order chi connectivity index (χ0) is 13.0. The Morgan fingerprint density at radius 2 is 2.28 bits per heavy atom. The molecule has 0 amide bonds. The molecule has 0 radical (unpaired) electrons. The molecule has 1 aliphatic rings. The van der Waals surface area contributed by atoms with Gasteiger partial charge in [-0.1, -0.05) is 26.2 Å². The average Bonchev–Trinajstić information content (AvgIpc) is 2.82. The van der Waals surface area contributed by atoms with Gasteiger partial charge < -0.3 is 10.5 Å². The van der Waals surface area contributed by atoms with Gasteiger partial charge in [0.1, 0.15) is 6.10 Å². The van der Waals surface area contributed by atoms with Crippen molar-refractivity contribution in [2.75, 3.05) is 6.54 Å². The van der Waals surface area contributed by atoms with Gasteiger partial charge >= 0.3 is 0 Å². The lowest BCUT2D eigenvalue weighted by molar-refractivity contribution is -0.0366. The molecule has 18 heavy (non-hydrogen) atoms. The third-order valence-electron chi connectivity index (χ3n) is 3.96. The first-order valence-corrected chi connectivity index (χ1v) is 7.96. The molecule has 1 heterocycles. The van der Waals surface area contributed by atoms with Crippen LogP contribution in [0.15, 0.2) is 12.1 Å². The van der Waals surface area contributed by atoms with Crippen LogP contribution >= 0.6 is 11.3 Å². The summed E-state index contributed by atoms with van der Waals surface area (Å²) in [5.41, 5.74) is 5.88. The van der Waals surface area contributed by atoms with E-state index in [9.17, 15) is 0 Å². The summed E-state index contributed by atoms with van der Waals surface area (Å²) in [5.74, 6) is 0.854. The molecule has 2 nitrogen and oxygen atoms in total. The van der Waals surface area contributed by atoms with Gasteiger partial charge in [0.2, 0.25) is 0 Å². The van der Waals surface area contributed by atoms with Crippen molar-refractivity contribution < 1.29 is 4.74 Å². The molecule has 0 aromatic carbocycles. The summed E-state index contributed by atoms with van der Waals surface area (Å²) in [6.07, 6.45) is 6.91. The Bertz CT molecular complexity index is 363. The summed E-state index contributed by atoms with van der Waals surface area (Å²) >= 11 is 1.81. The van der Waals surface area contributed by atoms with Gasteiger partial charge in [0, 0.05) is 16.3 Å². The highest BCUT2D eigenvalue weighted by atomic mass is 32.1. The molecule has 1 fully saturated rings. The zero-order valence-electron chi connectivity index (χ0n) is 11.5. The maximum Gasteiger partial charge on any atom is 0.104 e. The van der Waals surface area contributed by atoms with E-state index < -0.39 is 0 Å². The van der Waals surface area contributed by atoms with Gasteiger partial charge in [0.15, 0.2) is 0 Å². The number of hydrogen-bond acceptors (Lipinski definition) is 3. The van der Waals surface area contributed by atoms with E-state index >= 15 is 0 Å². The molecule has 0 saturated heterocycles. The fraction of sp³-hybridized carbons (Fsp3) is 0.733. The van der Waals surface area contributed by atoms with E-state index in [1.807, 2.05) is 11.3 Å². The van der Waals surface area contributed by atoms with Gasteiger partial charge in [-0.2, -0.15) is 0 Å². The smallest absolute Gasteiger partial charge is 0.104 e. The van der Waals surface area contributed by atoms with Gasteiger partial charge in [-0.05, 0) is 37.8 Å². The molecule has 102 valence electrons. The summed E-state index contributed by atoms with van der Waals surface area (Å²) in [4.78, 5) is 2.62. The van der Waals surface area contributed by atoms with Crippen LogP contribution in [0.4, 0.5) is 0 Å². The van der Waals surface area contributed by atoms with E-state index in [0.717, 1.165) is 5.92 Å². The van der Waals surface area contributed by atoms with Gasteiger partial charge in [-0.15, -0.1) is 11.3 Å². The van der Waals surface area contributed by atoms with Crippen molar-refractivity contribution in [1.82, 2.24) is 0 Å². The third kappa shape index (κ3) is 3.56.